The third-order valence-corrected chi connectivity index (χ3v) is 2.51. The van der Waals surface area contributed by atoms with Crippen LogP contribution in [-0.2, 0) is 6.54 Å². The molecule has 1 aromatic heterocycles. The molecule has 0 unspecified atom stereocenters. The summed E-state index contributed by atoms with van der Waals surface area (Å²) in [6.45, 7) is 5.30. The highest BCUT2D eigenvalue weighted by molar-refractivity contribution is 5.96. The lowest BCUT2D eigenvalue weighted by Crippen LogP contribution is -2.03. The maximum absolute atomic E-state index is 10.9. The van der Waals surface area contributed by atoms with Crippen molar-refractivity contribution in [2.75, 3.05) is 0 Å². The Balaban J connectivity index is 2.60. The molecular formula is C13H15NO. The molecule has 0 radical (unpaired) electrons. The Morgan fingerprint density at radius 1 is 1.33 bits per heavy atom. The topological polar surface area (TPSA) is 22.0 Å². The Bertz CT molecular complexity index is 482. The lowest BCUT2D eigenvalue weighted by Gasteiger charge is -2.09. The zero-order chi connectivity index (χ0) is 10.8. The molecule has 2 aromatic rings. The van der Waals surface area contributed by atoms with E-state index in [-0.39, 0.29) is 0 Å². The number of rotatable bonds is 3. The van der Waals surface area contributed by atoms with E-state index in [0.717, 1.165) is 29.3 Å². The van der Waals surface area contributed by atoms with Crippen molar-refractivity contribution in [1.82, 2.24) is 4.57 Å². The zero-order valence-electron chi connectivity index (χ0n) is 9.10. The number of nitrogens with zero attached hydrogens (tertiary/aromatic N) is 1. The van der Waals surface area contributed by atoms with Crippen LogP contribution in [0.3, 0.4) is 0 Å². The Morgan fingerprint density at radius 3 is 2.80 bits per heavy atom. The Morgan fingerprint density at radius 2 is 2.13 bits per heavy atom. The van der Waals surface area contributed by atoms with Crippen LogP contribution >= 0.6 is 0 Å². The molecule has 0 aliphatic heterocycles. The van der Waals surface area contributed by atoms with E-state index in [4.69, 9.17) is 0 Å². The summed E-state index contributed by atoms with van der Waals surface area (Å²) in [6.07, 6.45) is 2.98. The van der Waals surface area contributed by atoms with Gasteiger partial charge in [0.05, 0.1) is 5.52 Å². The van der Waals surface area contributed by atoms with Crippen LogP contribution in [-0.4, -0.2) is 10.9 Å². The van der Waals surface area contributed by atoms with Crippen molar-refractivity contribution < 1.29 is 4.79 Å². The molecule has 0 spiro atoms. The maximum atomic E-state index is 10.9. The van der Waals surface area contributed by atoms with Gasteiger partial charge in [-0.15, -0.1) is 0 Å². The van der Waals surface area contributed by atoms with Crippen LogP contribution in [0.4, 0.5) is 0 Å². The van der Waals surface area contributed by atoms with Gasteiger partial charge in [0.2, 0.25) is 0 Å². The standard InChI is InChI=1S/C13H15NO/c1-10(2)8-14-7-6-11-4-3-5-12(9-15)13(11)14/h3-7,9-10H,8H2,1-2H3. The molecule has 0 N–H and O–H groups in total. The first-order valence-corrected chi connectivity index (χ1v) is 5.25. The van der Waals surface area contributed by atoms with Gasteiger partial charge in [-0.3, -0.25) is 4.79 Å². The van der Waals surface area contributed by atoms with Crippen molar-refractivity contribution in [1.29, 1.82) is 0 Å². The van der Waals surface area contributed by atoms with Gasteiger partial charge in [-0.1, -0.05) is 26.0 Å². The van der Waals surface area contributed by atoms with Crippen LogP contribution in [0.2, 0.25) is 0 Å². The second kappa shape index (κ2) is 3.89. The molecule has 0 amide bonds. The number of carbonyl (C=O) groups excluding carboxylic acids is 1. The first-order valence-electron chi connectivity index (χ1n) is 5.25. The number of carbonyl (C=O) groups is 1. The molecule has 0 aliphatic carbocycles. The summed E-state index contributed by atoms with van der Waals surface area (Å²) in [5.41, 5.74) is 1.83. The van der Waals surface area contributed by atoms with Gasteiger partial charge in [-0.05, 0) is 18.1 Å². The zero-order valence-corrected chi connectivity index (χ0v) is 9.10. The minimum Gasteiger partial charge on any atom is -0.347 e. The number of hydrogen-bond donors (Lipinski definition) is 0. The molecule has 0 aliphatic rings. The minimum absolute atomic E-state index is 0.584. The smallest absolute Gasteiger partial charge is 0.152 e. The van der Waals surface area contributed by atoms with Gasteiger partial charge in [0.25, 0.3) is 0 Å². The molecular weight excluding hydrogens is 186 g/mol. The van der Waals surface area contributed by atoms with Gasteiger partial charge in [-0.25, -0.2) is 0 Å². The molecule has 1 heterocycles. The third kappa shape index (κ3) is 1.80. The number of aldehydes is 1. The predicted octanol–water partition coefficient (Wildman–Crippen LogP) is 3.11. The molecule has 2 nitrogen and oxygen atoms in total. The summed E-state index contributed by atoms with van der Waals surface area (Å²) in [4.78, 5) is 10.9. The highest BCUT2D eigenvalue weighted by Gasteiger charge is 2.06. The molecule has 0 saturated heterocycles. The monoisotopic (exact) mass is 201 g/mol. The van der Waals surface area contributed by atoms with Gasteiger partial charge in [-0.2, -0.15) is 0 Å². The fraction of sp³-hybridized carbons (Fsp3) is 0.308. The second-order valence-corrected chi connectivity index (χ2v) is 4.26. The van der Waals surface area contributed by atoms with Crippen molar-refractivity contribution in [3.63, 3.8) is 0 Å². The summed E-state index contributed by atoms with van der Waals surface area (Å²) in [7, 11) is 0. The average Bonchev–Trinajstić information content (AvgIpc) is 2.61. The summed E-state index contributed by atoms with van der Waals surface area (Å²) >= 11 is 0. The summed E-state index contributed by atoms with van der Waals surface area (Å²) in [5.74, 6) is 0.584. The van der Waals surface area contributed by atoms with E-state index in [0.29, 0.717) is 5.92 Å². The van der Waals surface area contributed by atoms with Crippen molar-refractivity contribution in [3.05, 3.63) is 36.0 Å². The normalized spacial score (nSPS) is 11.1. The van der Waals surface area contributed by atoms with Crippen LogP contribution < -0.4 is 0 Å². The predicted molar refractivity (Wildman–Crippen MR) is 62.2 cm³/mol. The van der Waals surface area contributed by atoms with Crippen LogP contribution in [0.25, 0.3) is 10.9 Å². The first kappa shape index (κ1) is 9.97. The highest BCUT2D eigenvalue weighted by Crippen LogP contribution is 2.20. The minimum atomic E-state index is 0.584. The van der Waals surface area contributed by atoms with Gasteiger partial charge in [0, 0.05) is 23.7 Å². The fourth-order valence-corrected chi connectivity index (χ4v) is 1.93. The number of benzene rings is 1. The van der Waals surface area contributed by atoms with Crippen LogP contribution in [0.15, 0.2) is 30.5 Å². The van der Waals surface area contributed by atoms with Crippen LogP contribution in [0.5, 0.6) is 0 Å². The number of aromatic nitrogens is 1. The molecule has 0 saturated carbocycles. The van der Waals surface area contributed by atoms with Gasteiger partial charge < -0.3 is 4.57 Å². The quantitative estimate of drug-likeness (QED) is 0.699. The third-order valence-electron chi connectivity index (χ3n) is 2.51. The molecule has 2 heteroatoms. The van der Waals surface area contributed by atoms with E-state index in [9.17, 15) is 4.79 Å². The lowest BCUT2D eigenvalue weighted by atomic mass is 10.1. The summed E-state index contributed by atoms with van der Waals surface area (Å²) in [5, 5.41) is 1.14. The van der Waals surface area contributed by atoms with Crippen LogP contribution in [0, 0.1) is 5.92 Å². The lowest BCUT2D eigenvalue weighted by molar-refractivity contribution is 0.112. The molecule has 1 aromatic carbocycles. The first-order chi connectivity index (χ1) is 7.22. The van der Waals surface area contributed by atoms with Crippen molar-refractivity contribution in [3.8, 4) is 0 Å². The van der Waals surface area contributed by atoms with Crippen molar-refractivity contribution in [2.45, 2.75) is 20.4 Å². The molecule has 78 valence electrons. The second-order valence-electron chi connectivity index (χ2n) is 4.26. The van der Waals surface area contributed by atoms with Gasteiger partial charge in [0.15, 0.2) is 6.29 Å². The van der Waals surface area contributed by atoms with Crippen molar-refractivity contribution >= 4 is 17.2 Å². The molecule has 0 fully saturated rings. The van der Waals surface area contributed by atoms with E-state index in [1.807, 2.05) is 18.2 Å². The SMILES string of the molecule is CC(C)Cn1ccc2cccc(C=O)c21. The van der Waals surface area contributed by atoms with E-state index in [1.165, 1.54) is 0 Å². The average molecular weight is 201 g/mol. The molecule has 15 heavy (non-hydrogen) atoms. The number of fused-ring (bicyclic) bond motifs is 1. The molecule has 0 bridgehead atoms. The maximum Gasteiger partial charge on any atom is 0.152 e. The summed E-state index contributed by atoms with van der Waals surface area (Å²) in [6, 6.07) is 7.89. The van der Waals surface area contributed by atoms with Gasteiger partial charge >= 0.3 is 0 Å². The Labute approximate surface area is 89.5 Å². The molecule has 2 rings (SSSR count). The Hall–Kier alpha value is -1.57. The largest absolute Gasteiger partial charge is 0.347 e. The van der Waals surface area contributed by atoms with E-state index in [1.54, 1.807) is 0 Å². The number of hydrogen-bond acceptors (Lipinski definition) is 1. The Kier molecular flexibility index (Phi) is 2.58. The fourth-order valence-electron chi connectivity index (χ4n) is 1.93. The number of para-hydroxylation sites is 1. The summed E-state index contributed by atoms with van der Waals surface area (Å²) < 4.78 is 2.16. The van der Waals surface area contributed by atoms with Gasteiger partial charge in [0.1, 0.15) is 0 Å². The molecule has 0 atom stereocenters. The van der Waals surface area contributed by atoms with Crippen molar-refractivity contribution in [2.24, 2.45) is 5.92 Å². The van der Waals surface area contributed by atoms with E-state index in [2.05, 4.69) is 30.7 Å². The van der Waals surface area contributed by atoms with E-state index < -0.39 is 0 Å². The van der Waals surface area contributed by atoms with E-state index >= 15 is 0 Å². The highest BCUT2D eigenvalue weighted by atomic mass is 16.1. The van der Waals surface area contributed by atoms with Crippen LogP contribution in [0.1, 0.15) is 24.2 Å².